The van der Waals surface area contributed by atoms with Crippen LogP contribution in [0.4, 0.5) is 10.6 Å². The van der Waals surface area contributed by atoms with Crippen LogP contribution in [0.5, 0.6) is 0 Å². The number of amides is 2. The maximum absolute atomic E-state index is 13.4. The van der Waals surface area contributed by atoms with Gasteiger partial charge >= 0.3 is 6.09 Å². The standard InChI is InChI=1S/C25H32N6O5S/c1-15-6-5-7-18(12-15)37(34,35)23-21(28-19-10-11-26-20(19)29-23)30-31-22(32)17-9-8-16(13-17)14-27-24(33)36-25(2,3)4/h5-7,10-12,16-17H,8-9,13-14H2,1-4H3,(H,26,29)(H,27,33)(H,28,30)(H,31,32)/t16-,17-/m1/s1. The molecule has 2 atom stereocenters. The van der Waals surface area contributed by atoms with Crippen molar-refractivity contribution < 1.29 is 22.7 Å². The molecule has 1 saturated carbocycles. The summed E-state index contributed by atoms with van der Waals surface area (Å²) in [6.07, 6.45) is 3.13. The number of anilines is 1. The van der Waals surface area contributed by atoms with Gasteiger partial charge in [0, 0.05) is 18.7 Å². The summed E-state index contributed by atoms with van der Waals surface area (Å²) in [6, 6.07) is 8.18. The lowest BCUT2D eigenvalue weighted by atomic mass is 10.0. The van der Waals surface area contributed by atoms with Crippen molar-refractivity contribution in [1.82, 2.24) is 25.7 Å². The number of aromatic nitrogens is 3. The number of hydrogen-bond donors (Lipinski definition) is 4. The number of sulfone groups is 1. The van der Waals surface area contributed by atoms with Crippen molar-refractivity contribution in [3.05, 3.63) is 42.1 Å². The molecule has 11 nitrogen and oxygen atoms in total. The molecule has 1 aliphatic carbocycles. The molecule has 0 unspecified atom stereocenters. The SMILES string of the molecule is Cc1cccc(S(=O)(=O)c2nc3[nH]ccc3nc2NNC(=O)[C@@H]2CC[C@@H](CNC(=O)OC(C)(C)C)C2)c1. The zero-order valence-electron chi connectivity index (χ0n) is 21.3. The molecule has 3 aromatic rings. The Balaban J connectivity index is 1.43. The molecule has 4 N–H and O–H groups in total. The third-order valence-electron chi connectivity index (χ3n) is 6.06. The number of H-pyrrole nitrogens is 1. The molecule has 4 rings (SSSR count). The molecule has 2 heterocycles. The predicted octanol–water partition coefficient (Wildman–Crippen LogP) is 3.48. The van der Waals surface area contributed by atoms with Gasteiger partial charge in [-0.2, -0.15) is 0 Å². The van der Waals surface area contributed by atoms with E-state index in [0.717, 1.165) is 12.0 Å². The van der Waals surface area contributed by atoms with E-state index in [-0.39, 0.29) is 33.5 Å². The molecule has 0 spiro atoms. The molecule has 0 bridgehead atoms. The summed E-state index contributed by atoms with van der Waals surface area (Å²) in [7, 11) is -4.03. The molecule has 2 aromatic heterocycles. The van der Waals surface area contributed by atoms with Gasteiger partial charge in [0.2, 0.25) is 20.8 Å². The van der Waals surface area contributed by atoms with Gasteiger partial charge in [-0.15, -0.1) is 0 Å². The number of carbonyl (C=O) groups is 2. The Kier molecular flexibility index (Phi) is 7.39. The second-order valence-corrected chi connectivity index (χ2v) is 12.1. The Morgan fingerprint density at radius 1 is 1.16 bits per heavy atom. The summed E-state index contributed by atoms with van der Waals surface area (Å²) >= 11 is 0. The lowest BCUT2D eigenvalue weighted by Gasteiger charge is -2.20. The number of aromatic amines is 1. The van der Waals surface area contributed by atoms with Gasteiger partial charge in [-0.3, -0.25) is 15.6 Å². The van der Waals surface area contributed by atoms with Gasteiger partial charge in [0.1, 0.15) is 11.1 Å². The molecule has 2 amide bonds. The van der Waals surface area contributed by atoms with E-state index < -0.39 is 21.5 Å². The monoisotopic (exact) mass is 528 g/mol. The highest BCUT2D eigenvalue weighted by Gasteiger charge is 2.31. The summed E-state index contributed by atoms with van der Waals surface area (Å²) < 4.78 is 32.1. The van der Waals surface area contributed by atoms with E-state index in [0.29, 0.717) is 30.6 Å². The Labute approximate surface area is 215 Å². The van der Waals surface area contributed by atoms with Crippen LogP contribution in [-0.4, -0.2) is 47.5 Å². The van der Waals surface area contributed by atoms with Gasteiger partial charge in [-0.05, 0) is 76.6 Å². The van der Waals surface area contributed by atoms with Crippen molar-refractivity contribution in [3.8, 4) is 0 Å². The topological polar surface area (TPSA) is 155 Å². The number of nitrogens with zero attached hydrogens (tertiary/aromatic N) is 2. The van der Waals surface area contributed by atoms with Gasteiger partial charge in [0.25, 0.3) is 0 Å². The molecule has 12 heteroatoms. The van der Waals surface area contributed by atoms with Crippen LogP contribution in [0.15, 0.2) is 46.5 Å². The third-order valence-corrected chi connectivity index (χ3v) is 7.72. The smallest absolute Gasteiger partial charge is 0.407 e. The summed E-state index contributed by atoms with van der Waals surface area (Å²) in [5.74, 6) is -0.507. The number of aryl methyl sites for hydroxylation is 1. The Hall–Kier alpha value is -3.67. The highest BCUT2D eigenvalue weighted by molar-refractivity contribution is 7.91. The molecule has 37 heavy (non-hydrogen) atoms. The van der Waals surface area contributed by atoms with Crippen molar-refractivity contribution in [1.29, 1.82) is 0 Å². The van der Waals surface area contributed by atoms with Crippen molar-refractivity contribution in [2.45, 2.75) is 62.5 Å². The first-order valence-corrected chi connectivity index (χ1v) is 13.6. The Morgan fingerprint density at radius 3 is 2.68 bits per heavy atom. The number of nitrogens with one attached hydrogen (secondary N) is 4. The first-order valence-electron chi connectivity index (χ1n) is 12.1. The quantitative estimate of drug-likeness (QED) is 0.340. The molecule has 0 radical (unpaired) electrons. The minimum Gasteiger partial charge on any atom is -0.444 e. The van der Waals surface area contributed by atoms with Crippen molar-refractivity contribution in [2.24, 2.45) is 11.8 Å². The van der Waals surface area contributed by atoms with E-state index in [4.69, 9.17) is 4.74 Å². The molecular weight excluding hydrogens is 496 g/mol. The average molecular weight is 529 g/mol. The van der Waals surface area contributed by atoms with E-state index in [2.05, 4.69) is 31.1 Å². The lowest BCUT2D eigenvalue weighted by Crippen LogP contribution is -2.36. The summed E-state index contributed by atoms with van der Waals surface area (Å²) in [6.45, 7) is 7.61. The van der Waals surface area contributed by atoms with Crippen LogP contribution >= 0.6 is 0 Å². The van der Waals surface area contributed by atoms with Crippen LogP contribution in [0, 0.1) is 18.8 Å². The summed E-state index contributed by atoms with van der Waals surface area (Å²) in [5.41, 5.74) is 6.29. The van der Waals surface area contributed by atoms with Crippen LogP contribution in [0.25, 0.3) is 11.2 Å². The average Bonchev–Trinajstić information content (AvgIpc) is 3.48. The fourth-order valence-corrected chi connectivity index (χ4v) is 5.67. The van der Waals surface area contributed by atoms with Gasteiger partial charge in [-0.25, -0.2) is 23.2 Å². The Morgan fingerprint density at radius 2 is 1.95 bits per heavy atom. The van der Waals surface area contributed by atoms with E-state index in [1.807, 2.05) is 0 Å². The molecule has 1 fully saturated rings. The van der Waals surface area contributed by atoms with Gasteiger partial charge in [0.05, 0.1) is 4.90 Å². The highest BCUT2D eigenvalue weighted by atomic mass is 32.2. The van der Waals surface area contributed by atoms with Crippen LogP contribution in [0.2, 0.25) is 0 Å². The maximum Gasteiger partial charge on any atom is 0.407 e. The maximum atomic E-state index is 13.4. The van der Waals surface area contributed by atoms with E-state index in [9.17, 15) is 18.0 Å². The van der Waals surface area contributed by atoms with Crippen molar-refractivity contribution >= 4 is 38.8 Å². The minimum absolute atomic E-state index is 0.0666. The highest BCUT2D eigenvalue weighted by Crippen LogP contribution is 2.31. The number of hydrogen-bond acceptors (Lipinski definition) is 8. The zero-order valence-corrected chi connectivity index (χ0v) is 22.1. The minimum atomic E-state index is -4.03. The number of benzene rings is 1. The first kappa shape index (κ1) is 26.4. The van der Waals surface area contributed by atoms with Crippen LogP contribution in [0.3, 0.4) is 0 Å². The fraction of sp³-hybridized carbons (Fsp3) is 0.440. The molecule has 0 saturated heterocycles. The number of rotatable bonds is 7. The van der Waals surface area contributed by atoms with Crippen LogP contribution in [-0.2, 0) is 19.4 Å². The van der Waals surface area contributed by atoms with E-state index >= 15 is 0 Å². The Bertz CT molecular complexity index is 1410. The number of hydrazine groups is 1. The lowest BCUT2D eigenvalue weighted by molar-refractivity contribution is -0.124. The van der Waals surface area contributed by atoms with Gasteiger partial charge in [-0.1, -0.05) is 12.1 Å². The van der Waals surface area contributed by atoms with Gasteiger partial charge < -0.3 is 15.0 Å². The molecular formula is C25H32N6O5S. The number of alkyl carbamates (subject to hydrolysis) is 1. The van der Waals surface area contributed by atoms with Crippen molar-refractivity contribution in [3.63, 3.8) is 0 Å². The second-order valence-electron chi connectivity index (χ2n) is 10.3. The van der Waals surface area contributed by atoms with Crippen LogP contribution in [0.1, 0.15) is 45.6 Å². The molecule has 198 valence electrons. The molecule has 1 aliphatic rings. The molecule has 1 aromatic carbocycles. The largest absolute Gasteiger partial charge is 0.444 e. The van der Waals surface area contributed by atoms with Gasteiger partial charge in [0.15, 0.2) is 11.5 Å². The summed E-state index contributed by atoms with van der Waals surface area (Å²) in [4.78, 5) is 36.4. The second kappa shape index (κ2) is 10.4. The normalized spacial score (nSPS) is 17.9. The third kappa shape index (κ3) is 6.37. The van der Waals surface area contributed by atoms with Crippen molar-refractivity contribution in [2.75, 3.05) is 12.0 Å². The number of carbonyl (C=O) groups excluding carboxylic acids is 2. The zero-order chi connectivity index (χ0) is 26.8. The van der Waals surface area contributed by atoms with Crippen LogP contribution < -0.4 is 16.2 Å². The number of fused-ring (bicyclic) bond motifs is 1. The van der Waals surface area contributed by atoms with E-state index in [1.54, 1.807) is 58.2 Å². The predicted molar refractivity (Wildman–Crippen MR) is 137 cm³/mol. The molecule has 0 aliphatic heterocycles. The fourth-order valence-electron chi connectivity index (χ4n) is 4.28. The summed E-state index contributed by atoms with van der Waals surface area (Å²) in [5, 5.41) is 2.47. The first-order chi connectivity index (χ1) is 17.4. The number of ether oxygens (including phenoxy) is 1. The van der Waals surface area contributed by atoms with E-state index in [1.165, 1.54) is 6.07 Å².